The van der Waals surface area contributed by atoms with E-state index in [1.54, 1.807) is 0 Å². The molecule has 9 rings (SSSR count). The van der Waals surface area contributed by atoms with Crippen LogP contribution in [0.3, 0.4) is 0 Å². The van der Waals surface area contributed by atoms with Crippen LogP contribution in [0.25, 0.3) is 0 Å². The second-order valence-electron chi connectivity index (χ2n) is 18.1. The molecule has 5 fully saturated rings. The third-order valence-electron chi connectivity index (χ3n) is 15.2. The number of pyridine rings is 3. The van der Waals surface area contributed by atoms with Crippen molar-refractivity contribution < 1.29 is 19.4 Å². The van der Waals surface area contributed by atoms with Crippen molar-refractivity contribution in [2.24, 2.45) is 51.2 Å². The van der Waals surface area contributed by atoms with E-state index in [4.69, 9.17) is 9.72 Å². The van der Waals surface area contributed by atoms with E-state index in [0.29, 0.717) is 44.4 Å². The molecule has 10 atom stereocenters. The molecule has 6 aliphatic rings. The Bertz CT molecular complexity index is 1900. The Labute approximate surface area is 319 Å². The van der Waals surface area contributed by atoms with Crippen LogP contribution in [-0.2, 0) is 40.5 Å². The van der Waals surface area contributed by atoms with Gasteiger partial charge in [-0.25, -0.2) is 0 Å². The fourth-order valence-corrected chi connectivity index (χ4v) is 13.7. The number of carboxylic acid groups (broad SMARTS) is 1. The van der Waals surface area contributed by atoms with Gasteiger partial charge in [0.25, 0.3) is 0 Å². The van der Waals surface area contributed by atoms with E-state index in [9.17, 15) is 14.7 Å². The summed E-state index contributed by atoms with van der Waals surface area (Å²) in [6, 6.07) is 18.3. The summed E-state index contributed by atoms with van der Waals surface area (Å²) in [6.45, 7) is 10.1. The topological polar surface area (TPSA) is 109 Å². The average Bonchev–Trinajstić information content (AvgIpc) is 3.35. The van der Waals surface area contributed by atoms with Crippen LogP contribution in [0.1, 0.15) is 82.1 Å². The Hall–Kier alpha value is -3.79. The summed E-state index contributed by atoms with van der Waals surface area (Å²) in [5, 5.41) is 11.6. The molecular formula is C45H55N5O4. The van der Waals surface area contributed by atoms with Crippen molar-refractivity contribution in [1.82, 2.24) is 24.8 Å². The lowest BCUT2D eigenvalue weighted by Crippen LogP contribution is -2.66. The smallest absolute Gasteiger partial charge is 0.315 e. The monoisotopic (exact) mass is 729 g/mol. The molecule has 8 unspecified atom stereocenters. The SMILES string of the molecule is CC(C)C1=CC2CC3(C=O)[C@@H]4CC[C@@H](C)C45CC5C2(C2CCC(CN(C)Cc4cccc(CN(Cc5ccccn5)Cc5ccccn5)n4)O2)C13C(=O)O. The molecule has 5 aliphatic carbocycles. The van der Waals surface area contributed by atoms with E-state index in [1.165, 1.54) is 0 Å². The van der Waals surface area contributed by atoms with Crippen LogP contribution < -0.4 is 0 Å². The quantitative estimate of drug-likeness (QED) is 0.139. The fourth-order valence-electron chi connectivity index (χ4n) is 13.7. The van der Waals surface area contributed by atoms with Crippen LogP contribution in [0.5, 0.6) is 0 Å². The maximum atomic E-state index is 14.1. The molecule has 4 heterocycles. The molecule has 3 aromatic rings. The van der Waals surface area contributed by atoms with Crippen molar-refractivity contribution in [3.05, 3.63) is 101 Å². The number of likely N-dealkylation sites (N-methyl/N-ethyl adjacent to an activating group) is 1. The normalized spacial score (nSPS) is 37.1. The molecule has 54 heavy (non-hydrogen) atoms. The highest BCUT2D eigenvalue weighted by atomic mass is 16.5. The Balaban J connectivity index is 0.924. The molecule has 284 valence electrons. The largest absolute Gasteiger partial charge is 0.481 e. The van der Waals surface area contributed by atoms with E-state index in [1.807, 2.05) is 36.7 Å². The number of aldehydes is 1. The van der Waals surface area contributed by atoms with E-state index in [-0.39, 0.29) is 35.4 Å². The van der Waals surface area contributed by atoms with Crippen LogP contribution in [0.2, 0.25) is 0 Å². The van der Waals surface area contributed by atoms with Crippen LogP contribution in [0.15, 0.2) is 78.6 Å². The number of aliphatic carboxylic acids is 1. The van der Waals surface area contributed by atoms with E-state index in [2.05, 4.69) is 84.0 Å². The first-order chi connectivity index (χ1) is 26.1. The van der Waals surface area contributed by atoms with Crippen molar-refractivity contribution >= 4 is 12.3 Å². The molecule has 4 bridgehead atoms. The summed E-state index contributed by atoms with van der Waals surface area (Å²) in [7, 11) is 2.13. The van der Waals surface area contributed by atoms with E-state index in [0.717, 1.165) is 73.3 Å². The van der Waals surface area contributed by atoms with Gasteiger partial charge in [0.15, 0.2) is 0 Å². The number of hydrogen-bond donors (Lipinski definition) is 1. The van der Waals surface area contributed by atoms with Crippen molar-refractivity contribution in [3.63, 3.8) is 0 Å². The van der Waals surface area contributed by atoms with E-state index < -0.39 is 22.2 Å². The molecule has 9 heteroatoms. The molecule has 1 saturated heterocycles. The van der Waals surface area contributed by atoms with Gasteiger partial charge in [-0.1, -0.05) is 50.6 Å². The first-order valence-corrected chi connectivity index (χ1v) is 20.3. The molecule has 9 nitrogen and oxygen atoms in total. The molecular weight excluding hydrogens is 675 g/mol. The highest BCUT2D eigenvalue weighted by Crippen LogP contribution is 2.94. The molecule has 0 aromatic carbocycles. The average molecular weight is 730 g/mol. The summed E-state index contributed by atoms with van der Waals surface area (Å²) in [4.78, 5) is 46.7. The molecule has 0 radical (unpaired) electrons. The number of carbonyl (C=O) groups excluding carboxylic acids is 1. The maximum absolute atomic E-state index is 14.1. The molecule has 1 aliphatic heterocycles. The van der Waals surface area contributed by atoms with Crippen molar-refractivity contribution in [3.8, 4) is 0 Å². The van der Waals surface area contributed by atoms with Crippen LogP contribution in [0, 0.1) is 51.2 Å². The molecule has 3 aromatic heterocycles. The lowest BCUT2D eigenvalue weighted by atomic mass is 9.41. The van der Waals surface area contributed by atoms with Gasteiger partial charge in [0.2, 0.25) is 0 Å². The summed E-state index contributed by atoms with van der Waals surface area (Å²) in [6.07, 6.45) is 12.5. The number of ether oxygens (including phenoxy) is 1. The number of hydrogen-bond acceptors (Lipinski definition) is 8. The number of aromatic nitrogens is 3. The summed E-state index contributed by atoms with van der Waals surface area (Å²) in [5.74, 6) is 0.327. The number of carbonyl (C=O) groups is 2. The van der Waals surface area contributed by atoms with Crippen molar-refractivity contribution in [2.75, 3.05) is 13.6 Å². The highest BCUT2D eigenvalue weighted by molar-refractivity contribution is 5.91. The number of rotatable bonds is 14. The maximum Gasteiger partial charge on any atom is 0.315 e. The van der Waals surface area contributed by atoms with Crippen LogP contribution >= 0.6 is 0 Å². The Morgan fingerprint density at radius 3 is 2.19 bits per heavy atom. The minimum atomic E-state index is -1.18. The summed E-state index contributed by atoms with van der Waals surface area (Å²) < 4.78 is 7.18. The van der Waals surface area contributed by atoms with Gasteiger partial charge in [0, 0.05) is 50.5 Å². The van der Waals surface area contributed by atoms with Crippen LogP contribution in [0.4, 0.5) is 0 Å². The number of fused-ring (bicyclic) bond motifs is 1. The molecule has 1 N–H and O–H groups in total. The van der Waals surface area contributed by atoms with Crippen molar-refractivity contribution in [1.29, 1.82) is 0 Å². The van der Waals surface area contributed by atoms with Gasteiger partial charge in [-0.2, -0.15) is 0 Å². The third kappa shape index (κ3) is 4.96. The van der Waals surface area contributed by atoms with E-state index >= 15 is 0 Å². The number of allylic oxidation sites excluding steroid dienone is 1. The second-order valence-corrected chi connectivity index (χ2v) is 18.1. The first kappa shape index (κ1) is 35.9. The Kier molecular flexibility index (Phi) is 8.75. The zero-order chi connectivity index (χ0) is 37.5. The second kappa shape index (κ2) is 13.2. The van der Waals surface area contributed by atoms with Crippen LogP contribution in [-0.4, -0.2) is 67.9 Å². The number of carboxylic acids is 1. The minimum Gasteiger partial charge on any atom is -0.481 e. The predicted molar refractivity (Wildman–Crippen MR) is 204 cm³/mol. The first-order valence-electron chi connectivity index (χ1n) is 20.3. The van der Waals surface area contributed by atoms with Gasteiger partial charge in [0.1, 0.15) is 11.7 Å². The predicted octanol–water partition coefficient (Wildman–Crippen LogP) is 6.98. The zero-order valence-electron chi connectivity index (χ0n) is 32.2. The number of nitrogens with zero attached hydrogens (tertiary/aromatic N) is 5. The summed E-state index contributed by atoms with van der Waals surface area (Å²) in [5.41, 5.74) is 2.51. The fraction of sp³-hybridized carbons (Fsp3) is 0.578. The Morgan fingerprint density at radius 2 is 1.56 bits per heavy atom. The summed E-state index contributed by atoms with van der Waals surface area (Å²) >= 11 is 0. The van der Waals surface area contributed by atoms with Gasteiger partial charge in [-0.05, 0) is 117 Å². The van der Waals surface area contributed by atoms with Gasteiger partial charge in [-0.15, -0.1) is 0 Å². The van der Waals surface area contributed by atoms with Gasteiger partial charge >= 0.3 is 5.97 Å². The molecule has 0 amide bonds. The third-order valence-corrected chi connectivity index (χ3v) is 15.2. The van der Waals surface area contributed by atoms with Gasteiger partial charge < -0.3 is 14.6 Å². The Morgan fingerprint density at radius 1 is 0.889 bits per heavy atom. The molecule has 4 saturated carbocycles. The van der Waals surface area contributed by atoms with Gasteiger partial charge in [0.05, 0.1) is 40.4 Å². The lowest BCUT2D eigenvalue weighted by molar-refractivity contribution is -0.199. The van der Waals surface area contributed by atoms with Crippen molar-refractivity contribution in [2.45, 2.75) is 97.7 Å². The lowest BCUT2D eigenvalue weighted by Gasteiger charge is -2.59. The molecule has 1 spiro atoms. The van der Waals surface area contributed by atoms with Gasteiger partial charge in [-0.3, -0.25) is 29.5 Å². The zero-order valence-corrected chi connectivity index (χ0v) is 32.2. The standard InChI is InChI=1S/C45H55N5O4/c1-29(2)37-20-31-21-42(28-51)38-16-14-30(3)43(38)22-39(43)44(31,45(37,42)41(52)53)40-17-15-36(54-40)27-49(4)23-34-12-9-13-35(48-34)26-50(24-32-10-5-7-18-46-32)25-33-11-6-8-19-47-33/h5-13,18-20,28-31,36,38-40H,14-17,21-27H2,1-4H3,(H,52,53)/t30-,31?,36?,38+,39?,40?,42?,43?,44?,45?/m1/s1. The minimum absolute atomic E-state index is 0.00260. The highest BCUT2D eigenvalue weighted by Gasteiger charge is 2.95.